The van der Waals surface area contributed by atoms with Gasteiger partial charge < -0.3 is 5.32 Å². The number of rotatable bonds is 5. The van der Waals surface area contributed by atoms with E-state index in [0.29, 0.717) is 6.42 Å². The highest BCUT2D eigenvalue weighted by atomic mass is 35.5. The average molecular weight is 355 g/mol. The van der Waals surface area contributed by atoms with Crippen LogP contribution in [-0.4, -0.2) is 26.8 Å². The molecule has 1 aromatic rings. The number of nitrogens with one attached hydrogen (secondary N) is 2. The number of sulfonamides is 1. The first-order valence-corrected chi connectivity index (χ1v) is 9.16. The van der Waals surface area contributed by atoms with Crippen molar-refractivity contribution in [2.45, 2.75) is 31.7 Å². The predicted octanol–water partition coefficient (Wildman–Crippen LogP) is 3.41. The van der Waals surface area contributed by atoms with Gasteiger partial charge in [-0.25, -0.2) is 12.8 Å². The zero-order valence-corrected chi connectivity index (χ0v) is 13.7. The number of piperidine rings is 1. The summed E-state index contributed by atoms with van der Waals surface area (Å²) in [6.45, 7) is 0.932. The minimum absolute atomic E-state index is 0.00270. The fourth-order valence-corrected chi connectivity index (χ4v) is 3.97. The van der Waals surface area contributed by atoms with Gasteiger partial charge in [-0.15, -0.1) is 0 Å². The first-order chi connectivity index (χ1) is 9.87. The fraction of sp³-hybridized carbons (Fsp3) is 0.538. The molecule has 0 amide bonds. The number of halogens is 3. The average Bonchev–Trinajstić information content (AvgIpc) is 2.43. The summed E-state index contributed by atoms with van der Waals surface area (Å²) in [5.74, 6) is -0.759. The van der Waals surface area contributed by atoms with Crippen LogP contribution >= 0.6 is 23.2 Å². The van der Waals surface area contributed by atoms with E-state index in [1.165, 1.54) is 12.1 Å². The Labute approximate surface area is 134 Å². The summed E-state index contributed by atoms with van der Waals surface area (Å²) >= 11 is 11.3. The summed E-state index contributed by atoms with van der Waals surface area (Å²) in [6, 6.07) is 2.65. The smallest absolute Gasteiger partial charge is 0.232 e. The van der Waals surface area contributed by atoms with Crippen LogP contribution < -0.4 is 10.0 Å². The summed E-state index contributed by atoms with van der Waals surface area (Å²) < 4.78 is 39.7. The third-order valence-corrected chi connectivity index (χ3v) is 5.27. The van der Waals surface area contributed by atoms with Crippen LogP contribution in [0.4, 0.5) is 10.1 Å². The lowest BCUT2D eigenvalue weighted by Gasteiger charge is -2.23. The molecule has 1 atom stereocenters. The summed E-state index contributed by atoms with van der Waals surface area (Å²) in [7, 11) is -3.51. The predicted molar refractivity (Wildman–Crippen MR) is 84.1 cm³/mol. The molecule has 21 heavy (non-hydrogen) atoms. The van der Waals surface area contributed by atoms with Crippen LogP contribution in [0.1, 0.15) is 25.7 Å². The lowest BCUT2D eigenvalue weighted by molar-refractivity contribution is 0.393. The molecule has 2 rings (SSSR count). The van der Waals surface area contributed by atoms with Gasteiger partial charge in [0.1, 0.15) is 0 Å². The van der Waals surface area contributed by atoms with E-state index in [1.807, 2.05) is 0 Å². The van der Waals surface area contributed by atoms with Crippen molar-refractivity contribution in [3.63, 3.8) is 0 Å². The number of hydrogen-bond acceptors (Lipinski definition) is 3. The molecule has 118 valence electrons. The van der Waals surface area contributed by atoms with Gasteiger partial charge >= 0.3 is 0 Å². The minimum Gasteiger partial charge on any atom is -0.314 e. The zero-order chi connectivity index (χ0) is 15.5. The zero-order valence-electron chi connectivity index (χ0n) is 11.3. The van der Waals surface area contributed by atoms with Crippen LogP contribution in [-0.2, 0) is 10.0 Å². The number of hydrogen-bond donors (Lipinski definition) is 2. The van der Waals surface area contributed by atoms with Gasteiger partial charge in [-0.05, 0) is 37.9 Å². The topological polar surface area (TPSA) is 58.2 Å². The monoisotopic (exact) mass is 354 g/mol. The van der Waals surface area contributed by atoms with Gasteiger partial charge in [-0.3, -0.25) is 4.72 Å². The van der Waals surface area contributed by atoms with Crippen LogP contribution in [0.15, 0.2) is 12.1 Å². The third kappa shape index (κ3) is 4.98. The van der Waals surface area contributed by atoms with Crippen LogP contribution in [0.3, 0.4) is 0 Å². The largest absolute Gasteiger partial charge is 0.314 e. The van der Waals surface area contributed by atoms with Crippen LogP contribution in [0.25, 0.3) is 0 Å². The first kappa shape index (κ1) is 16.8. The molecule has 0 aliphatic carbocycles. The van der Waals surface area contributed by atoms with E-state index in [2.05, 4.69) is 10.0 Å². The lowest BCUT2D eigenvalue weighted by Crippen LogP contribution is -2.36. The Bertz CT molecular complexity index is 581. The van der Waals surface area contributed by atoms with E-state index >= 15 is 0 Å². The Morgan fingerprint density at radius 2 is 1.95 bits per heavy atom. The summed E-state index contributed by atoms with van der Waals surface area (Å²) in [4.78, 5) is 0. The molecule has 0 spiro atoms. The van der Waals surface area contributed by atoms with Gasteiger partial charge in [0.05, 0.1) is 21.5 Å². The summed E-state index contributed by atoms with van der Waals surface area (Å²) in [5.41, 5.74) is 0.169. The molecule has 0 bridgehead atoms. The highest BCUT2D eigenvalue weighted by Gasteiger charge is 2.18. The second-order valence-electron chi connectivity index (χ2n) is 5.11. The minimum atomic E-state index is -3.51. The highest BCUT2D eigenvalue weighted by Crippen LogP contribution is 2.28. The Balaban J connectivity index is 1.97. The van der Waals surface area contributed by atoms with Crippen LogP contribution in [0.5, 0.6) is 0 Å². The maximum atomic E-state index is 13.3. The van der Waals surface area contributed by atoms with Crippen molar-refractivity contribution in [3.8, 4) is 0 Å². The standard InChI is InChI=1S/C13H17Cl2FN2O2S/c14-11-7-10(8-12(15)13(11)16)18-21(19,20)6-4-9-3-1-2-5-17-9/h7-9,17-18H,1-6H2. The molecule has 0 saturated carbocycles. The van der Waals surface area contributed by atoms with Crippen molar-refractivity contribution in [1.82, 2.24) is 5.32 Å². The Morgan fingerprint density at radius 3 is 2.52 bits per heavy atom. The second-order valence-corrected chi connectivity index (χ2v) is 7.77. The molecular formula is C13H17Cl2FN2O2S. The van der Waals surface area contributed by atoms with E-state index in [-0.39, 0.29) is 27.5 Å². The molecule has 1 saturated heterocycles. The molecule has 0 aromatic heterocycles. The normalized spacial score (nSPS) is 19.5. The second kappa shape index (κ2) is 7.13. The van der Waals surface area contributed by atoms with E-state index in [0.717, 1.165) is 25.8 Å². The van der Waals surface area contributed by atoms with Crippen molar-refractivity contribution in [1.29, 1.82) is 0 Å². The molecule has 1 heterocycles. The quantitative estimate of drug-likeness (QED) is 0.796. The molecular weight excluding hydrogens is 338 g/mol. The van der Waals surface area contributed by atoms with Gasteiger partial charge in [-0.1, -0.05) is 29.6 Å². The molecule has 8 heteroatoms. The third-order valence-electron chi connectivity index (χ3n) is 3.40. The van der Waals surface area contributed by atoms with Gasteiger partial charge in [-0.2, -0.15) is 0 Å². The van der Waals surface area contributed by atoms with Gasteiger partial charge in [0.25, 0.3) is 0 Å². The Morgan fingerprint density at radius 1 is 1.29 bits per heavy atom. The van der Waals surface area contributed by atoms with Gasteiger partial charge in [0.15, 0.2) is 5.82 Å². The summed E-state index contributed by atoms with van der Waals surface area (Å²) in [6.07, 6.45) is 3.78. The van der Waals surface area contributed by atoms with Crippen molar-refractivity contribution >= 4 is 38.9 Å². The molecule has 4 nitrogen and oxygen atoms in total. The lowest BCUT2D eigenvalue weighted by atomic mass is 10.0. The van der Waals surface area contributed by atoms with E-state index < -0.39 is 15.8 Å². The van der Waals surface area contributed by atoms with Crippen molar-refractivity contribution in [2.75, 3.05) is 17.0 Å². The number of anilines is 1. The Hall–Kier alpha value is -0.560. The summed E-state index contributed by atoms with van der Waals surface area (Å²) in [5, 5.41) is 2.87. The molecule has 1 aromatic carbocycles. The molecule has 2 N–H and O–H groups in total. The van der Waals surface area contributed by atoms with Gasteiger partial charge in [0.2, 0.25) is 10.0 Å². The van der Waals surface area contributed by atoms with Crippen molar-refractivity contribution < 1.29 is 12.8 Å². The molecule has 1 unspecified atom stereocenters. The molecule has 0 radical (unpaired) electrons. The molecule has 1 fully saturated rings. The fourth-order valence-electron chi connectivity index (χ4n) is 2.31. The van der Waals surface area contributed by atoms with Crippen LogP contribution in [0, 0.1) is 5.82 Å². The Kier molecular flexibility index (Phi) is 5.71. The van der Waals surface area contributed by atoms with Gasteiger partial charge in [0, 0.05) is 6.04 Å². The SMILES string of the molecule is O=S(=O)(CCC1CCCCN1)Nc1cc(Cl)c(F)c(Cl)c1. The van der Waals surface area contributed by atoms with Crippen molar-refractivity contribution in [2.24, 2.45) is 0 Å². The van der Waals surface area contributed by atoms with E-state index in [1.54, 1.807) is 0 Å². The molecule has 1 aliphatic heterocycles. The maximum absolute atomic E-state index is 13.3. The first-order valence-electron chi connectivity index (χ1n) is 6.76. The van der Waals surface area contributed by atoms with E-state index in [4.69, 9.17) is 23.2 Å². The highest BCUT2D eigenvalue weighted by molar-refractivity contribution is 7.92. The maximum Gasteiger partial charge on any atom is 0.232 e. The van der Waals surface area contributed by atoms with Crippen molar-refractivity contribution in [3.05, 3.63) is 28.0 Å². The van der Waals surface area contributed by atoms with Crippen LogP contribution in [0.2, 0.25) is 10.0 Å². The van der Waals surface area contributed by atoms with E-state index in [9.17, 15) is 12.8 Å². The molecule has 1 aliphatic rings. The number of benzene rings is 1.